The minimum atomic E-state index is -0.761. The van der Waals surface area contributed by atoms with Crippen molar-refractivity contribution in [2.45, 2.75) is 84.3 Å². The molecule has 0 radical (unpaired) electrons. The maximum Gasteiger partial charge on any atom is 0.303 e. The number of aliphatic carboxylic acids is 1. The molecule has 4 rings (SSSR count). The van der Waals surface area contributed by atoms with E-state index in [2.05, 4.69) is 20.8 Å². The van der Waals surface area contributed by atoms with Gasteiger partial charge in [0.2, 0.25) is 0 Å². The molecular weight excluding hydrogens is 368 g/mol. The summed E-state index contributed by atoms with van der Waals surface area (Å²) in [7, 11) is 0. The third-order valence-electron chi connectivity index (χ3n) is 9.66. The molecule has 4 aliphatic rings. The molecule has 9 atom stereocenters. The Kier molecular flexibility index (Phi) is 5.22. The van der Waals surface area contributed by atoms with E-state index in [9.17, 15) is 19.8 Å². The molecule has 29 heavy (non-hydrogen) atoms. The molecule has 0 saturated heterocycles. The first kappa shape index (κ1) is 21.0. The lowest BCUT2D eigenvalue weighted by Crippen LogP contribution is -2.60. The van der Waals surface area contributed by atoms with Gasteiger partial charge >= 0.3 is 5.97 Å². The molecule has 0 amide bonds. The van der Waals surface area contributed by atoms with Crippen LogP contribution in [0.15, 0.2) is 11.6 Å². The normalized spacial score (nSPS) is 47.6. The first-order valence-electron chi connectivity index (χ1n) is 11.4. The van der Waals surface area contributed by atoms with Crippen LogP contribution in [-0.4, -0.2) is 39.3 Å². The third kappa shape index (κ3) is 3.11. The number of carboxylic acids is 1. The van der Waals surface area contributed by atoms with Gasteiger partial charge in [-0.1, -0.05) is 26.3 Å². The molecule has 4 aliphatic carbocycles. The van der Waals surface area contributed by atoms with Crippen LogP contribution in [0.3, 0.4) is 0 Å². The fourth-order valence-electron chi connectivity index (χ4n) is 8.01. The SMILES string of the molecule is C[C@@H](CCC(=O)O)[C@H]1CC[C@H]2[C@@H]3[C@H](O)CC4=CC(=O)CC[C@]4(C)[C@H]3C[C@H](O)[C@]12C. The van der Waals surface area contributed by atoms with Crippen molar-refractivity contribution in [3.8, 4) is 0 Å². The van der Waals surface area contributed by atoms with Crippen molar-refractivity contribution in [2.75, 3.05) is 0 Å². The standard InChI is InChI=1S/C24H36O5/c1-13(4-7-21(28)29)16-5-6-17-22-18(12-20(27)24(16,17)3)23(2)9-8-15(25)10-14(23)11-19(22)26/h10,13,16-20,22,26-27H,4-9,11-12H2,1-3H3,(H,28,29)/t13-,16+,17-,18-,19+,20-,22-,23-,24+/m0/s1. The number of ketones is 1. The number of aliphatic hydroxyl groups excluding tert-OH is 2. The monoisotopic (exact) mass is 404 g/mol. The average Bonchev–Trinajstić information content (AvgIpc) is 3.01. The highest BCUT2D eigenvalue weighted by Crippen LogP contribution is 2.67. The molecule has 0 unspecified atom stereocenters. The molecule has 0 aromatic carbocycles. The molecule has 0 aromatic heterocycles. The fraction of sp³-hybridized carbons (Fsp3) is 0.833. The Balaban J connectivity index is 1.64. The first-order valence-corrected chi connectivity index (χ1v) is 11.4. The van der Waals surface area contributed by atoms with Crippen LogP contribution in [0.4, 0.5) is 0 Å². The van der Waals surface area contributed by atoms with E-state index in [1.807, 2.05) is 0 Å². The highest BCUT2D eigenvalue weighted by molar-refractivity contribution is 5.91. The summed E-state index contributed by atoms with van der Waals surface area (Å²) in [5.74, 6) is 0.529. The van der Waals surface area contributed by atoms with Crippen LogP contribution in [0.5, 0.6) is 0 Å². The predicted molar refractivity (Wildman–Crippen MR) is 109 cm³/mol. The molecular formula is C24H36O5. The number of fused-ring (bicyclic) bond motifs is 5. The molecule has 0 heterocycles. The lowest BCUT2D eigenvalue weighted by atomic mass is 9.45. The van der Waals surface area contributed by atoms with Gasteiger partial charge in [-0.2, -0.15) is 0 Å². The highest BCUT2D eigenvalue weighted by Gasteiger charge is 2.64. The van der Waals surface area contributed by atoms with Gasteiger partial charge < -0.3 is 15.3 Å². The second kappa shape index (κ2) is 7.19. The number of hydrogen-bond donors (Lipinski definition) is 3. The van der Waals surface area contributed by atoms with Crippen molar-refractivity contribution in [1.82, 2.24) is 0 Å². The van der Waals surface area contributed by atoms with Crippen molar-refractivity contribution in [3.63, 3.8) is 0 Å². The summed E-state index contributed by atoms with van der Waals surface area (Å²) in [6.45, 7) is 6.57. The number of hydrogen-bond acceptors (Lipinski definition) is 4. The molecule has 5 nitrogen and oxygen atoms in total. The van der Waals surface area contributed by atoms with Crippen molar-refractivity contribution < 1.29 is 24.9 Å². The van der Waals surface area contributed by atoms with Crippen molar-refractivity contribution in [2.24, 2.45) is 40.4 Å². The largest absolute Gasteiger partial charge is 0.481 e. The number of rotatable bonds is 4. The van der Waals surface area contributed by atoms with Gasteiger partial charge in [0, 0.05) is 12.8 Å². The van der Waals surface area contributed by atoms with Gasteiger partial charge in [-0.25, -0.2) is 0 Å². The van der Waals surface area contributed by atoms with E-state index in [4.69, 9.17) is 5.11 Å². The maximum absolute atomic E-state index is 12.0. The van der Waals surface area contributed by atoms with Crippen LogP contribution in [0.25, 0.3) is 0 Å². The molecule has 0 aromatic rings. The van der Waals surface area contributed by atoms with Gasteiger partial charge in [-0.15, -0.1) is 0 Å². The Morgan fingerprint density at radius 2 is 1.97 bits per heavy atom. The van der Waals surface area contributed by atoms with Crippen LogP contribution in [0.1, 0.15) is 72.1 Å². The minimum Gasteiger partial charge on any atom is -0.481 e. The molecule has 0 bridgehead atoms. The Morgan fingerprint density at radius 3 is 2.66 bits per heavy atom. The third-order valence-corrected chi connectivity index (χ3v) is 9.66. The summed E-state index contributed by atoms with van der Waals surface area (Å²) in [5.41, 5.74) is 0.706. The lowest BCUT2D eigenvalue weighted by Gasteiger charge is -2.61. The lowest BCUT2D eigenvalue weighted by molar-refractivity contribution is -0.168. The molecule has 162 valence electrons. The second-order valence-electron chi connectivity index (χ2n) is 10.8. The van der Waals surface area contributed by atoms with Crippen LogP contribution >= 0.6 is 0 Å². The van der Waals surface area contributed by atoms with E-state index in [1.54, 1.807) is 6.08 Å². The first-order chi connectivity index (χ1) is 13.6. The van der Waals surface area contributed by atoms with Gasteiger partial charge in [0.15, 0.2) is 5.78 Å². The highest BCUT2D eigenvalue weighted by atomic mass is 16.4. The summed E-state index contributed by atoms with van der Waals surface area (Å²) in [4.78, 5) is 23.1. The predicted octanol–water partition coefficient (Wildman–Crippen LogP) is 3.58. The van der Waals surface area contributed by atoms with Gasteiger partial charge in [0.25, 0.3) is 0 Å². The van der Waals surface area contributed by atoms with E-state index in [0.717, 1.165) is 24.8 Å². The van der Waals surface area contributed by atoms with Crippen molar-refractivity contribution >= 4 is 11.8 Å². The molecule has 3 fully saturated rings. The molecule has 0 spiro atoms. The number of aliphatic hydroxyl groups is 2. The van der Waals surface area contributed by atoms with Gasteiger partial charge in [-0.3, -0.25) is 9.59 Å². The molecule has 3 N–H and O–H groups in total. The van der Waals surface area contributed by atoms with Crippen LogP contribution in [0.2, 0.25) is 0 Å². The summed E-state index contributed by atoms with van der Waals surface area (Å²) >= 11 is 0. The fourth-order valence-corrected chi connectivity index (χ4v) is 8.01. The Labute approximate surface area is 173 Å². The smallest absolute Gasteiger partial charge is 0.303 e. The number of carboxylic acid groups (broad SMARTS) is 1. The Morgan fingerprint density at radius 1 is 1.24 bits per heavy atom. The summed E-state index contributed by atoms with van der Waals surface area (Å²) < 4.78 is 0. The van der Waals surface area contributed by atoms with Gasteiger partial charge in [0.1, 0.15) is 0 Å². The zero-order valence-corrected chi connectivity index (χ0v) is 17.9. The van der Waals surface area contributed by atoms with E-state index in [-0.39, 0.29) is 52.6 Å². The summed E-state index contributed by atoms with van der Waals surface area (Å²) in [5, 5.41) is 31.7. The maximum atomic E-state index is 12.0. The van der Waals surface area contributed by atoms with Gasteiger partial charge in [0.05, 0.1) is 12.2 Å². The van der Waals surface area contributed by atoms with Crippen LogP contribution in [-0.2, 0) is 9.59 Å². The Hall–Kier alpha value is -1.20. The Bertz CT molecular complexity index is 729. The van der Waals surface area contributed by atoms with E-state index in [1.165, 1.54) is 0 Å². The van der Waals surface area contributed by atoms with Crippen molar-refractivity contribution in [3.05, 3.63) is 11.6 Å². The zero-order chi connectivity index (χ0) is 21.1. The number of carbonyl (C=O) groups is 2. The van der Waals surface area contributed by atoms with Gasteiger partial charge in [-0.05, 0) is 85.0 Å². The van der Waals surface area contributed by atoms with E-state index < -0.39 is 18.2 Å². The summed E-state index contributed by atoms with van der Waals surface area (Å²) in [6, 6.07) is 0. The van der Waals surface area contributed by atoms with Crippen LogP contribution < -0.4 is 0 Å². The molecule has 3 saturated carbocycles. The van der Waals surface area contributed by atoms with Crippen molar-refractivity contribution in [1.29, 1.82) is 0 Å². The zero-order valence-electron chi connectivity index (χ0n) is 17.9. The molecule has 5 heteroatoms. The van der Waals surface area contributed by atoms with E-state index in [0.29, 0.717) is 25.7 Å². The quantitative estimate of drug-likeness (QED) is 0.666. The van der Waals surface area contributed by atoms with E-state index >= 15 is 0 Å². The number of carbonyl (C=O) groups excluding carboxylic acids is 1. The average molecular weight is 405 g/mol. The molecule has 0 aliphatic heterocycles. The van der Waals surface area contributed by atoms with Crippen LogP contribution in [0, 0.1) is 40.4 Å². The second-order valence-corrected chi connectivity index (χ2v) is 10.8. The minimum absolute atomic E-state index is 0.104. The summed E-state index contributed by atoms with van der Waals surface area (Å²) in [6.07, 6.45) is 6.27. The topological polar surface area (TPSA) is 94.8 Å².